The Hall–Kier alpha value is -0.930. The Kier molecular flexibility index (Phi) is 4.58. The van der Waals surface area contributed by atoms with Crippen molar-refractivity contribution >= 4 is 0 Å². The lowest BCUT2D eigenvalue weighted by molar-refractivity contribution is -0.0800. The third-order valence-electron chi connectivity index (χ3n) is 4.41. The minimum absolute atomic E-state index is 0.0856. The predicted octanol–water partition coefficient (Wildman–Crippen LogP) is 2.94. The number of nitrogens with two attached hydrogens (primary N) is 1. The Balaban J connectivity index is 1.83. The molecule has 2 rings (SSSR count). The van der Waals surface area contributed by atoms with Crippen molar-refractivity contribution in [1.29, 1.82) is 0 Å². The van der Waals surface area contributed by atoms with E-state index in [1.54, 1.807) is 6.20 Å². The number of pyridine rings is 1. The zero-order valence-corrected chi connectivity index (χ0v) is 12.2. The molecule has 1 fully saturated rings. The van der Waals surface area contributed by atoms with E-state index in [9.17, 15) is 0 Å². The zero-order chi connectivity index (χ0) is 13.8. The fourth-order valence-corrected chi connectivity index (χ4v) is 2.72. The highest BCUT2D eigenvalue weighted by atomic mass is 16.5. The van der Waals surface area contributed by atoms with E-state index in [1.165, 1.54) is 18.4 Å². The summed E-state index contributed by atoms with van der Waals surface area (Å²) in [5.41, 5.74) is 7.56. The summed E-state index contributed by atoms with van der Waals surface area (Å²) >= 11 is 0. The van der Waals surface area contributed by atoms with Crippen molar-refractivity contribution in [1.82, 2.24) is 4.98 Å². The standard InChI is InChI=1S/C16H26N2O/c1-15(2)6-8-16(13-17,9-7-15)19-11-5-14-4-3-10-18-12-14/h3-4,10,12H,5-9,11,13,17H2,1-2H3. The van der Waals surface area contributed by atoms with Gasteiger partial charge in [-0.3, -0.25) is 4.98 Å². The lowest BCUT2D eigenvalue weighted by Crippen LogP contribution is -2.45. The summed E-state index contributed by atoms with van der Waals surface area (Å²) in [5.74, 6) is 0. The molecule has 2 N–H and O–H groups in total. The summed E-state index contributed by atoms with van der Waals surface area (Å²) in [6, 6.07) is 4.06. The highest BCUT2D eigenvalue weighted by molar-refractivity contribution is 5.08. The maximum atomic E-state index is 6.16. The van der Waals surface area contributed by atoms with Gasteiger partial charge in [0, 0.05) is 18.9 Å². The van der Waals surface area contributed by atoms with Gasteiger partial charge in [0.2, 0.25) is 0 Å². The second-order valence-electron chi connectivity index (χ2n) is 6.51. The molecule has 3 heteroatoms. The van der Waals surface area contributed by atoms with E-state index < -0.39 is 0 Å². The molecule has 0 amide bonds. The first-order valence-electron chi connectivity index (χ1n) is 7.28. The van der Waals surface area contributed by atoms with Gasteiger partial charge in [-0.1, -0.05) is 19.9 Å². The number of aromatic nitrogens is 1. The smallest absolute Gasteiger partial charge is 0.0804 e. The second-order valence-corrected chi connectivity index (χ2v) is 6.51. The summed E-state index contributed by atoms with van der Waals surface area (Å²) in [7, 11) is 0. The van der Waals surface area contributed by atoms with Crippen LogP contribution < -0.4 is 5.73 Å². The molecule has 1 heterocycles. The minimum Gasteiger partial charge on any atom is -0.373 e. The third-order valence-corrected chi connectivity index (χ3v) is 4.41. The highest BCUT2D eigenvalue weighted by Gasteiger charge is 2.37. The van der Waals surface area contributed by atoms with Gasteiger partial charge in [-0.25, -0.2) is 0 Å². The Morgan fingerprint density at radius 3 is 2.58 bits per heavy atom. The van der Waals surface area contributed by atoms with Gasteiger partial charge in [0.1, 0.15) is 0 Å². The van der Waals surface area contributed by atoms with Gasteiger partial charge in [0.15, 0.2) is 0 Å². The molecular formula is C16H26N2O. The molecule has 0 radical (unpaired) electrons. The fraction of sp³-hybridized carbons (Fsp3) is 0.688. The molecule has 19 heavy (non-hydrogen) atoms. The maximum Gasteiger partial charge on any atom is 0.0804 e. The van der Waals surface area contributed by atoms with E-state index in [0.717, 1.165) is 25.9 Å². The summed E-state index contributed by atoms with van der Waals surface area (Å²) in [6.45, 7) is 6.05. The van der Waals surface area contributed by atoms with Gasteiger partial charge in [-0.2, -0.15) is 0 Å². The Morgan fingerprint density at radius 2 is 2.00 bits per heavy atom. The molecule has 1 aliphatic carbocycles. The number of ether oxygens (including phenoxy) is 1. The van der Waals surface area contributed by atoms with E-state index in [4.69, 9.17) is 10.5 Å². The van der Waals surface area contributed by atoms with Crippen LogP contribution in [0.2, 0.25) is 0 Å². The van der Waals surface area contributed by atoms with Crippen LogP contribution in [-0.4, -0.2) is 23.7 Å². The van der Waals surface area contributed by atoms with E-state index in [-0.39, 0.29) is 5.60 Å². The molecule has 0 spiro atoms. The average molecular weight is 262 g/mol. The molecule has 0 aromatic carbocycles. The molecule has 1 aromatic rings. The van der Waals surface area contributed by atoms with Gasteiger partial charge >= 0.3 is 0 Å². The Labute approximate surface area is 116 Å². The zero-order valence-electron chi connectivity index (χ0n) is 12.2. The van der Waals surface area contributed by atoms with Crippen molar-refractivity contribution in [2.75, 3.05) is 13.2 Å². The van der Waals surface area contributed by atoms with Gasteiger partial charge in [0.25, 0.3) is 0 Å². The van der Waals surface area contributed by atoms with Gasteiger partial charge in [-0.05, 0) is 49.1 Å². The molecule has 0 saturated heterocycles. The SMILES string of the molecule is CC1(C)CCC(CN)(OCCc2cccnc2)CC1. The normalized spacial score (nSPS) is 21.2. The van der Waals surface area contributed by atoms with Gasteiger partial charge in [0.05, 0.1) is 12.2 Å². The second kappa shape index (κ2) is 6.02. The van der Waals surface area contributed by atoms with Crippen LogP contribution in [0.1, 0.15) is 45.1 Å². The fourth-order valence-electron chi connectivity index (χ4n) is 2.72. The first-order chi connectivity index (χ1) is 9.05. The van der Waals surface area contributed by atoms with E-state index >= 15 is 0 Å². The monoisotopic (exact) mass is 262 g/mol. The summed E-state index contributed by atoms with van der Waals surface area (Å²) < 4.78 is 6.16. The first-order valence-corrected chi connectivity index (χ1v) is 7.28. The number of rotatable bonds is 5. The van der Waals surface area contributed by atoms with Crippen molar-refractivity contribution in [3.05, 3.63) is 30.1 Å². The van der Waals surface area contributed by atoms with Crippen LogP contribution in [0.4, 0.5) is 0 Å². The van der Waals surface area contributed by atoms with Crippen molar-refractivity contribution in [3.8, 4) is 0 Å². The molecule has 1 aromatic heterocycles. The molecule has 106 valence electrons. The van der Waals surface area contributed by atoms with Crippen LogP contribution in [0.15, 0.2) is 24.5 Å². The molecule has 3 nitrogen and oxygen atoms in total. The molecule has 1 aliphatic rings. The quantitative estimate of drug-likeness (QED) is 0.887. The molecule has 1 saturated carbocycles. The largest absolute Gasteiger partial charge is 0.373 e. The van der Waals surface area contributed by atoms with Crippen LogP contribution in [-0.2, 0) is 11.2 Å². The highest BCUT2D eigenvalue weighted by Crippen LogP contribution is 2.41. The van der Waals surface area contributed by atoms with E-state index in [2.05, 4.69) is 24.9 Å². The minimum atomic E-state index is -0.0856. The van der Waals surface area contributed by atoms with Crippen molar-refractivity contribution in [3.63, 3.8) is 0 Å². The van der Waals surface area contributed by atoms with Crippen molar-refractivity contribution < 1.29 is 4.74 Å². The van der Waals surface area contributed by atoms with Crippen LogP contribution in [0, 0.1) is 5.41 Å². The summed E-state index contributed by atoms with van der Waals surface area (Å²) in [4.78, 5) is 4.13. The van der Waals surface area contributed by atoms with Crippen molar-refractivity contribution in [2.24, 2.45) is 11.1 Å². The Morgan fingerprint density at radius 1 is 1.26 bits per heavy atom. The molecule has 0 bridgehead atoms. The lowest BCUT2D eigenvalue weighted by Gasteiger charge is -2.42. The van der Waals surface area contributed by atoms with Crippen molar-refractivity contribution in [2.45, 2.75) is 51.6 Å². The van der Waals surface area contributed by atoms with Gasteiger partial charge in [-0.15, -0.1) is 0 Å². The number of hydrogen-bond donors (Lipinski definition) is 1. The maximum absolute atomic E-state index is 6.16. The van der Waals surface area contributed by atoms with Crippen LogP contribution in [0.25, 0.3) is 0 Å². The molecular weight excluding hydrogens is 236 g/mol. The van der Waals surface area contributed by atoms with E-state index in [0.29, 0.717) is 12.0 Å². The molecule has 0 atom stereocenters. The van der Waals surface area contributed by atoms with E-state index in [1.807, 2.05) is 12.3 Å². The lowest BCUT2D eigenvalue weighted by atomic mass is 9.71. The van der Waals surface area contributed by atoms with Gasteiger partial charge < -0.3 is 10.5 Å². The van der Waals surface area contributed by atoms with Crippen LogP contribution >= 0.6 is 0 Å². The Bertz CT molecular complexity index is 379. The topological polar surface area (TPSA) is 48.1 Å². The molecule has 0 aliphatic heterocycles. The summed E-state index contributed by atoms with van der Waals surface area (Å²) in [5, 5.41) is 0. The number of nitrogens with zero attached hydrogens (tertiary/aromatic N) is 1. The molecule has 0 unspecified atom stereocenters. The number of hydrogen-bond acceptors (Lipinski definition) is 3. The average Bonchev–Trinajstić information content (AvgIpc) is 2.42. The van der Waals surface area contributed by atoms with Crippen LogP contribution in [0.5, 0.6) is 0 Å². The predicted molar refractivity (Wildman–Crippen MR) is 77.9 cm³/mol. The third kappa shape index (κ3) is 4.02. The first kappa shape index (κ1) is 14.5. The summed E-state index contributed by atoms with van der Waals surface area (Å²) in [6.07, 6.45) is 9.21. The van der Waals surface area contributed by atoms with Crippen LogP contribution in [0.3, 0.4) is 0 Å².